The van der Waals surface area contributed by atoms with Gasteiger partial charge in [-0.2, -0.15) is 10.5 Å². The van der Waals surface area contributed by atoms with E-state index >= 15 is 0 Å². The van der Waals surface area contributed by atoms with E-state index in [0.29, 0.717) is 11.3 Å². The number of fused-ring (bicyclic) bond motifs is 5. The molecule has 1 aromatic rings. The molecule has 0 bridgehead atoms. The van der Waals surface area contributed by atoms with Gasteiger partial charge in [-0.1, -0.05) is 18.2 Å². The van der Waals surface area contributed by atoms with Crippen molar-refractivity contribution in [3.63, 3.8) is 0 Å². The number of benzene rings is 1. The van der Waals surface area contributed by atoms with Crippen LogP contribution in [0.1, 0.15) is 5.56 Å². The van der Waals surface area contributed by atoms with E-state index in [1.165, 1.54) is 19.1 Å². The third-order valence-electron chi connectivity index (χ3n) is 5.93. The summed E-state index contributed by atoms with van der Waals surface area (Å²) in [5.74, 6) is -2.36. The lowest BCUT2D eigenvalue weighted by atomic mass is 9.84. The van der Waals surface area contributed by atoms with E-state index < -0.39 is 28.1 Å². The van der Waals surface area contributed by atoms with Crippen molar-refractivity contribution in [3.05, 3.63) is 29.8 Å². The molecule has 1 aliphatic carbocycles. The number of para-hydroxylation sites is 1. The van der Waals surface area contributed by atoms with Crippen LogP contribution in [0.25, 0.3) is 0 Å². The highest BCUT2D eigenvalue weighted by Crippen LogP contribution is 2.87. The number of hydrogen-bond acceptors (Lipinski definition) is 7. The van der Waals surface area contributed by atoms with Crippen LogP contribution in [0.5, 0.6) is 0 Å². The summed E-state index contributed by atoms with van der Waals surface area (Å²) in [6.07, 6.45) is 0. The molecule has 8 heteroatoms. The van der Waals surface area contributed by atoms with Crippen LogP contribution in [0.2, 0.25) is 0 Å². The molecule has 0 unspecified atom stereocenters. The number of carbonyl (C=O) groups excluding carboxylic acids is 1. The molecule has 1 spiro atoms. The van der Waals surface area contributed by atoms with Crippen LogP contribution in [-0.4, -0.2) is 38.9 Å². The number of aliphatic imine (C=N–C) groups is 1. The molecule has 0 radical (unpaired) electrons. The van der Waals surface area contributed by atoms with E-state index in [1.807, 2.05) is 0 Å². The molecule has 4 rings (SSSR count). The number of nitrogens with zero attached hydrogens (tertiary/aromatic N) is 4. The molecule has 1 amide bonds. The summed E-state index contributed by atoms with van der Waals surface area (Å²) in [7, 11) is 4.23. The van der Waals surface area contributed by atoms with Gasteiger partial charge in [-0.25, -0.2) is 4.99 Å². The lowest BCUT2D eigenvalue weighted by Gasteiger charge is -2.31. The summed E-state index contributed by atoms with van der Waals surface area (Å²) >= 11 is 0. The Balaban J connectivity index is 2.17. The number of anilines is 1. The van der Waals surface area contributed by atoms with Gasteiger partial charge in [0.05, 0.1) is 12.1 Å². The molecular weight excluding hydrogens is 322 g/mol. The Kier molecular flexibility index (Phi) is 2.60. The van der Waals surface area contributed by atoms with E-state index in [-0.39, 0.29) is 5.84 Å². The lowest BCUT2D eigenvalue weighted by Crippen LogP contribution is -2.48. The van der Waals surface area contributed by atoms with Gasteiger partial charge in [0.25, 0.3) is 5.91 Å². The lowest BCUT2D eigenvalue weighted by molar-refractivity contribution is -0.233. The highest BCUT2D eigenvalue weighted by Gasteiger charge is 3.05. The first-order valence-corrected chi connectivity index (χ1v) is 7.58. The molecular formula is C17H15N5O3. The zero-order chi connectivity index (χ0) is 18.3. The molecule has 0 aromatic heterocycles. The number of amides is 1. The Morgan fingerprint density at radius 1 is 1.20 bits per heavy atom. The van der Waals surface area contributed by atoms with Crippen molar-refractivity contribution in [2.75, 3.05) is 26.2 Å². The fourth-order valence-electron chi connectivity index (χ4n) is 4.98. The number of ether oxygens (including phenoxy) is 2. The zero-order valence-corrected chi connectivity index (χ0v) is 13.9. The van der Waals surface area contributed by atoms with Crippen LogP contribution in [0.4, 0.5) is 5.69 Å². The number of nitrogens with two attached hydrogens (primary N) is 1. The van der Waals surface area contributed by atoms with E-state index in [4.69, 9.17) is 15.2 Å². The smallest absolute Gasteiger partial charge is 0.293 e. The Hall–Kier alpha value is -2.94. The summed E-state index contributed by atoms with van der Waals surface area (Å²) in [6, 6.07) is 11.3. The van der Waals surface area contributed by atoms with Crippen LogP contribution in [0, 0.1) is 33.5 Å². The molecule has 126 valence electrons. The monoisotopic (exact) mass is 337 g/mol. The van der Waals surface area contributed by atoms with Crippen molar-refractivity contribution >= 4 is 17.4 Å². The second-order valence-electron chi connectivity index (χ2n) is 6.34. The largest absolute Gasteiger partial charge is 0.386 e. The highest BCUT2D eigenvalue weighted by molar-refractivity contribution is 6.21. The van der Waals surface area contributed by atoms with Crippen LogP contribution in [0.3, 0.4) is 0 Å². The summed E-state index contributed by atoms with van der Waals surface area (Å²) in [4.78, 5) is 19.0. The molecule has 1 aromatic carbocycles. The summed E-state index contributed by atoms with van der Waals surface area (Å²) in [6.45, 7) is 0. The summed E-state index contributed by atoms with van der Waals surface area (Å²) in [5, 5.41) is 20.2. The van der Waals surface area contributed by atoms with Crippen molar-refractivity contribution in [2.45, 2.75) is 11.3 Å². The molecule has 2 N–H and O–H groups in total. The predicted molar refractivity (Wildman–Crippen MR) is 86.0 cm³/mol. The van der Waals surface area contributed by atoms with Gasteiger partial charge in [-0.05, 0) is 11.6 Å². The number of methoxy groups -OCH3 is 2. The van der Waals surface area contributed by atoms with Crippen molar-refractivity contribution in [2.24, 2.45) is 21.6 Å². The Labute approximate surface area is 144 Å². The second kappa shape index (κ2) is 4.17. The molecule has 25 heavy (non-hydrogen) atoms. The third kappa shape index (κ3) is 1.06. The summed E-state index contributed by atoms with van der Waals surface area (Å²) < 4.78 is 10.9. The standard InChI is InChI=1S/C17H15N5O3/c1-22-11-7-5-4-6-10(11)16(13(22)23)14(8-18)12(20)21-17(24-2,25-3)15(14,16)9-19/h4-7H,1-3H3,(H2,20,21)/t14-,15+,16+/m1/s1. The van der Waals surface area contributed by atoms with Gasteiger partial charge < -0.3 is 20.1 Å². The molecule has 0 saturated heterocycles. The molecule has 1 saturated carbocycles. The van der Waals surface area contributed by atoms with E-state index in [2.05, 4.69) is 17.1 Å². The number of hydrogen-bond donors (Lipinski definition) is 1. The molecule has 2 aliphatic heterocycles. The maximum Gasteiger partial charge on any atom is 0.293 e. The molecule has 1 fully saturated rings. The molecule has 8 nitrogen and oxygen atoms in total. The first kappa shape index (κ1) is 15.6. The van der Waals surface area contributed by atoms with Gasteiger partial charge in [-0.15, -0.1) is 0 Å². The number of likely N-dealkylation sites (N-methyl/N-ethyl adjacent to an activating group) is 1. The maximum atomic E-state index is 13.4. The molecule has 3 aliphatic rings. The zero-order valence-electron chi connectivity index (χ0n) is 13.9. The SMILES string of the molecule is COC1(OC)N=C(N)[C@@]2(C#N)[C@]3(C(=O)N(C)c4ccccc43)[C@@]12C#N. The van der Waals surface area contributed by atoms with E-state index in [1.54, 1.807) is 31.3 Å². The Morgan fingerprint density at radius 2 is 1.84 bits per heavy atom. The van der Waals surface area contributed by atoms with Crippen LogP contribution < -0.4 is 10.6 Å². The van der Waals surface area contributed by atoms with Gasteiger partial charge in [0.1, 0.15) is 11.3 Å². The predicted octanol–water partition coefficient (Wildman–Crippen LogP) is 0.252. The summed E-state index contributed by atoms with van der Waals surface area (Å²) in [5.41, 5.74) is 2.41. The number of carbonyl (C=O) groups is 1. The van der Waals surface area contributed by atoms with Crippen LogP contribution in [-0.2, 0) is 19.7 Å². The molecule has 2 heterocycles. The highest BCUT2D eigenvalue weighted by atomic mass is 16.7. The van der Waals surface area contributed by atoms with Gasteiger partial charge >= 0.3 is 0 Å². The Bertz CT molecular complexity index is 940. The van der Waals surface area contributed by atoms with Crippen LogP contribution >= 0.6 is 0 Å². The van der Waals surface area contributed by atoms with Crippen molar-refractivity contribution < 1.29 is 14.3 Å². The average Bonchev–Trinajstić information content (AvgIpc) is 3.05. The quantitative estimate of drug-likeness (QED) is 0.771. The average molecular weight is 337 g/mol. The van der Waals surface area contributed by atoms with Crippen molar-refractivity contribution in [1.29, 1.82) is 10.5 Å². The van der Waals surface area contributed by atoms with Gasteiger partial charge in [0.2, 0.25) is 5.91 Å². The second-order valence-corrected chi connectivity index (χ2v) is 6.34. The topological polar surface area (TPSA) is 125 Å². The van der Waals surface area contributed by atoms with Crippen molar-refractivity contribution in [3.8, 4) is 12.1 Å². The van der Waals surface area contributed by atoms with Gasteiger partial charge in [0.15, 0.2) is 10.8 Å². The number of amidine groups is 1. The minimum absolute atomic E-state index is 0.126. The minimum Gasteiger partial charge on any atom is -0.386 e. The van der Waals surface area contributed by atoms with Crippen molar-refractivity contribution in [1.82, 2.24) is 0 Å². The van der Waals surface area contributed by atoms with Crippen LogP contribution in [0.15, 0.2) is 29.3 Å². The van der Waals surface area contributed by atoms with Gasteiger partial charge in [0, 0.05) is 27.0 Å². The normalized spacial score (nSPS) is 36.4. The third-order valence-corrected chi connectivity index (χ3v) is 5.93. The molecule has 3 atom stereocenters. The van der Waals surface area contributed by atoms with Gasteiger partial charge in [-0.3, -0.25) is 4.79 Å². The number of nitriles is 2. The fourth-order valence-corrected chi connectivity index (χ4v) is 4.98. The first-order valence-electron chi connectivity index (χ1n) is 7.58. The Morgan fingerprint density at radius 3 is 2.40 bits per heavy atom. The van der Waals surface area contributed by atoms with E-state index in [0.717, 1.165) is 0 Å². The minimum atomic E-state index is -1.84. The fraction of sp³-hybridized carbons (Fsp3) is 0.412. The number of rotatable bonds is 2. The maximum absolute atomic E-state index is 13.4. The first-order chi connectivity index (χ1) is 11.9. The van der Waals surface area contributed by atoms with E-state index in [9.17, 15) is 15.3 Å².